The summed E-state index contributed by atoms with van der Waals surface area (Å²) in [5, 5.41) is 0. The molecule has 0 saturated carbocycles. The van der Waals surface area contributed by atoms with Gasteiger partial charge in [-0.25, -0.2) is 0 Å². The molecule has 2 N–H and O–H groups in total. The van der Waals surface area contributed by atoms with Gasteiger partial charge in [0.25, 0.3) is 5.91 Å². The van der Waals surface area contributed by atoms with Gasteiger partial charge in [0.1, 0.15) is 0 Å². The number of nitrogens with zero attached hydrogens (tertiary/aromatic N) is 2. The maximum Gasteiger partial charge on any atom is 0.253 e. The zero-order chi connectivity index (χ0) is 12.3. The van der Waals surface area contributed by atoms with E-state index in [-0.39, 0.29) is 18.3 Å². The van der Waals surface area contributed by atoms with Crippen molar-refractivity contribution in [3.05, 3.63) is 29.6 Å². The summed E-state index contributed by atoms with van der Waals surface area (Å²) in [6.45, 7) is 4.29. The average Bonchev–Trinajstić information content (AvgIpc) is 2.38. The van der Waals surface area contributed by atoms with E-state index in [1.807, 2.05) is 4.90 Å². The first kappa shape index (κ1) is 14.9. The SMILES string of the molecule is CC1CCCN(C(=O)c2ccnc(CN)c2)C1.Cl. The van der Waals surface area contributed by atoms with E-state index in [2.05, 4.69) is 11.9 Å². The van der Waals surface area contributed by atoms with Crippen LogP contribution in [0.25, 0.3) is 0 Å². The minimum atomic E-state index is 0. The molecular weight excluding hydrogens is 250 g/mol. The van der Waals surface area contributed by atoms with Gasteiger partial charge in [-0.15, -0.1) is 12.4 Å². The van der Waals surface area contributed by atoms with Gasteiger partial charge in [0.2, 0.25) is 0 Å². The Hall–Kier alpha value is -1.13. The number of pyridine rings is 1. The van der Waals surface area contributed by atoms with Crippen LogP contribution in [0.5, 0.6) is 0 Å². The first-order chi connectivity index (χ1) is 8.20. The predicted molar refractivity (Wildman–Crippen MR) is 73.7 cm³/mol. The van der Waals surface area contributed by atoms with Gasteiger partial charge in [-0.2, -0.15) is 0 Å². The minimum Gasteiger partial charge on any atom is -0.338 e. The van der Waals surface area contributed by atoms with Gasteiger partial charge in [-0.1, -0.05) is 6.92 Å². The fourth-order valence-electron chi connectivity index (χ4n) is 2.28. The molecule has 1 amide bonds. The number of halogens is 1. The Labute approximate surface area is 114 Å². The van der Waals surface area contributed by atoms with Crippen molar-refractivity contribution in [1.29, 1.82) is 0 Å². The summed E-state index contributed by atoms with van der Waals surface area (Å²) in [5.74, 6) is 0.706. The third-order valence-electron chi connectivity index (χ3n) is 3.22. The molecule has 100 valence electrons. The van der Waals surface area contributed by atoms with E-state index in [1.165, 1.54) is 6.42 Å². The van der Waals surface area contributed by atoms with E-state index in [4.69, 9.17) is 5.73 Å². The molecule has 0 aliphatic carbocycles. The van der Waals surface area contributed by atoms with Gasteiger partial charge >= 0.3 is 0 Å². The zero-order valence-electron chi connectivity index (χ0n) is 10.6. The summed E-state index contributed by atoms with van der Waals surface area (Å²) in [6, 6.07) is 3.56. The van der Waals surface area contributed by atoms with Gasteiger partial charge in [-0.05, 0) is 30.9 Å². The lowest BCUT2D eigenvalue weighted by Crippen LogP contribution is -2.39. The highest BCUT2D eigenvalue weighted by molar-refractivity contribution is 5.94. The number of carbonyl (C=O) groups is 1. The number of likely N-dealkylation sites (tertiary alicyclic amines) is 1. The van der Waals surface area contributed by atoms with E-state index >= 15 is 0 Å². The second-order valence-corrected chi connectivity index (χ2v) is 4.74. The van der Waals surface area contributed by atoms with Gasteiger partial charge in [0.05, 0.1) is 5.69 Å². The van der Waals surface area contributed by atoms with Crippen molar-refractivity contribution in [2.24, 2.45) is 11.7 Å². The Balaban J connectivity index is 0.00000162. The summed E-state index contributed by atoms with van der Waals surface area (Å²) < 4.78 is 0. The molecule has 2 heterocycles. The van der Waals surface area contributed by atoms with Crippen molar-refractivity contribution in [2.75, 3.05) is 13.1 Å². The maximum absolute atomic E-state index is 12.3. The van der Waals surface area contributed by atoms with Gasteiger partial charge in [0, 0.05) is 31.4 Å². The van der Waals surface area contributed by atoms with Crippen LogP contribution in [-0.4, -0.2) is 28.9 Å². The monoisotopic (exact) mass is 269 g/mol. The number of aromatic nitrogens is 1. The third-order valence-corrected chi connectivity index (χ3v) is 3.22. The molecule has 1 aliphatic heterocycles. The van der Waals surface area contributed by atoms with Crippen molar-refractivity contribution in [3.63, 3.8) is 0 Å². The van der Waals surface area contributed by atoms with Crippen LogP contribution in [0.3, 0.4) is 0 Å². The molecule has 18 heavy (non-hydrogen) atoms. The molecule has 1 aliphatic rings. The molecule has 2 rings (SSSR count). The molecule has 1 unspecified atom stereocenters. The second kappa shape index (κ2) is 6.71. The summed E-state index contributed by atoms with van der Waals surface area (Å²) in [6.07, 6.45) is 3.97. The standard InChI is InChI=1S/C13H19N3O.ClH/c1-10-3-2-6-16(9-10)13(17)11-4-5-15-12(7-11)8-14;/h4-5,7,10H,2-3,6,8-9,14H2,1H3;1H. The highest BCUT2D eigenvalue weighted by atomic mass is 35.5. The van der Waals surface area contributed by atoms with E-state index < -0.39 is 0 Å². The molecule has 5 heteroatoms. The van der Waals surface area contributed by atoms with Crippen LogP contribution in [-0.2, 0) is 6.54 Å². The van der Waals surface area contributed by atoms with E-state index in [0.29, 0.717) is 18.0 Å². The van der Waals surface area contributed by atoms with Crippen molar-refractivity contribution in [1.82, 2.24) is 9.88 Å². The lowest BCUT2D eigenvalue weighted by molar-refractivity contribution is 0.0683. The van der Waals surface area contributed by atoms with Crippen LogP contribution < -0.4 is 5.73 Å². The number of hydrogen-bond donors (Lipinski definition) is 1. The van der Waals surface area contributed by atoms with Crippen LogP contribution in [0.1, 0.15) is 35.8 Å². The third kappa shape index (κ3) is 3.43. The summed E-state index contributed by atoms with van der Waals surface area (Å²) >= 11 is 0. The fraction of sp³-hybridized carbons (Fsp3) is 0.538. The number of piperidine rings is 1. The average molecular weight is 270 g/mol. The molecule has 1 atom stereocenters. The molecule has 0 aromatic carbocycles. The number of carbonyl (C=O) groups excluding carboxylic acids is 1. The number of amides is 1. The van der Waals surface area contributed by atoms with Crippen molar-refractivity contribution < 1.29 is 4.79 Å². The van der Waals surface area contributed by atoms with Gasteiger partial charge in [-0.3, -0.25) is 9.78 Å². The largest absolute Gasteiger partial charge is 0.338 e. The molecule has 1 aromatic heterocycles. The molecule has 0 spiro atoms. The zero-order valence-corrected chi connectivity index (χ0v) is 11.4. The smallest absolute Gasteiger partial charge is 0.253 e. The summed E-state index contributed by atoms with van der Waals surface area (Å²) in [7, 11) is 0. The quantitative estimate of drug-likeness (QED) is 0.891. The number of rotatable bonds is 2. The van der Waals surface area contributed by atoms with Crippen molar-refractivity contribution >= 4 is 18.3 Å². The van der Waals surface area contributed by atoms with Crippen LogP contribution in [0.4, 0.5) is 0 Å². The Kier molecular flexibility index (Phi) is 5.56. The Bertz CT molecular complexity index is 411. The lowest BCUT2D eigenvalue weighted by atomic mass is 9.99. The molecule has 1 saturated heterocycles. The van der Waals surface area contributed by atoms with Crippen molar-refractivity contribution in [2.45, 2.75) is 26.3 Å². The molecule has 4 nitrogen and oxygen atoms in total. The molecular formula is C13H20ClN3O. The van der Waals surface area contributed by atoms with Gasteiger partial charge in [0.15, 0.2) is 0 Å². The summed E-state index contributed by atoms with van der Waals surface area (Å²) in [5.41, 5.74) is 7.00. The van der Waals surface area contributed by atoms with Crippen LogP contribution in [0.15, 0.2) is 18.3 Å². The second-order valence-electron chi connectivity index (χ2n) is 4.74. The topological polar surface area (TPSA) is 59.2 Å². The fourth-order valence-corrected chi connectivity index (χ4v) is 2.28. The molecule has 1 fully saturated rings. The van der Waals surface area contributed by atoms with E-state index in [0.717, 1.165) is 25.2 Å². The molecule has 0 radical (unpaired) electrons. The Morgan fingerprint density at radius 2 is 2.39 bits per heavy atom. The molecule has 0 bridgehead atoms. The number of nitrogens with two attached hydrogens (primary N) is 1. The van der Waals surface area contributed by atoms with E-state index in [9.17, 15) is 4.79 Å². The van der Waals surface area contributed by atoms with E-state index in [1.54, 1.807) is 18.3 Å². The normalized spacial score (nSPS) is 19.2. The maximum atomic E-state index is 12.3. The first-order valence-corrected chi connectivity index (χ1v) is 6.15. The highest BCUT2D eigenvalue weighted by Crippen LogP contribution is 2.17. The van der Waals surface area contributed by atoms with Crippen LogP contribution in [0.2, 0.25) is 0 Å². The Morgan fingerprint density at radius 3 is 3.06 bits per heavy atom. The Morgan fingerprint density at radius 1 is 1.61 bits per heavy atom. The number of hydrogen-bond acceptors (Lipinski definition) is 3. The minimum absolute atomic E-state index is 0. The predicted octanol–water partition coefficient (Wildman–Crippen LogP) is 1.83. The van der Waals surface area contributed by atoms with Crippen LogP contribution >= 0.6 is 12.4 Å². The summed E-state index contributed by atoms with van der Waals surface area (Å²) in [4.78, 5) is 18.3. The highest BCUT2D eigenvalue weighted by Gasteiger charge is 2.22. The van der Waals surface area contributed by atoms with Crippen molar-refractivity contribution in [3.8, 4) is 0 Å². The van der Waals surface area contributed by atoms with Gasteiger partial charge < -0.3 is 10.6 Å². The first-order valence-electron chi connectivity index (χ1n) is 6.15. The molecule has 1 aromatic rings. The van der Waals surface area contributed by atoms with Crippen LogP contribution in [0, 0.1) is 5.92 Å². The lowest BCUT2D eigenvalue weighted by Gasteiger charge is -2.31.